The quantitative estimate of drug-likeness (QED) is 0.647. The maximum absolute atomic E-state index is 4.52. The number of fused-ring (bicyclic) bond motifs is 3. The number of nitrogens with zero attached hydrogens (tertiary/aromatic N) is 2. The van der Waals surface area contributed by atoms with Gasteiger partial charge in [-0.15, -0.1) is 0 Å². The highest BCUT2D eigenvalue weighted by atomic mass is 15.2. The van der Waals surface area contributed by atoms with Gasteiger partial charge in [0.2, 0.25) is 0 Å². The minimum absolute atomic E-state index is 0.522. The van der Waals surface area contributed by atoms with E-state index in [0.29, 0.717) is 6.04 Å². The standard InChI is InChI=1S/C11H15N3/c1-2-9-3-6-14-7-5-12-8-10(14)11(9)13-4-1/h1-2,4,10,12H,3,5-8H2. The summed E-state index contributed by atoms with van der Waals surface area (Å²) in [5.41, 5.74) is 2.74. The van der Waals surface area contributed by atoms with E-state index in [1.807, 2.05) is 12.3 Å². The fraction of sp³-hybridized carbons (Fsp3) is 0.545. The SMILES string of the molecule is c1cnc2c(c1)CCN1CCNCC21. The molecule has 0 spiro atoms. The van der Waals surface area contributed by atoms with Gasteiger partial charge in [0.1, 0.15) is 0 Å². The number of rotatable bonds is 0. The second-order valence-corrected chi connectivity index (χ2v) is 4.05. The Morgan fingerprint density at radius 2 is 2.43 bits per heavy atom. The topological polar surface area (TPSA) is 28.2 Å². The third-order valence-electron chi connectivity index (χ3n) is 3.26. The minimum Gasteiger partial charge on any atom is -0.313 e. The number of hydrogen-bond donors (Lipinski definition) is 1. The van der Waals surface area contributed by atoms with Crippen LogP contribution in [0.3, 0.4) is 0 Å². The zero-order valence-electron chi connectivity index (χ0n) is 8.24. The molecule has 1 N–H and O–H groups in total. The van der Waals surface area contributed by atoms with Gasteiger partial charge < -0.3 is 5.32 Å². The summed E-state index contributed by atoms with van der Waals surface area (Å²) in [4.78, 5) is 7.07. The van der Waals surface area contributed by atoms with Gasteiger partial charge in [-0.3, -0.25) is 9.88 Å². The summed E-state index contributed by atoms with van der Waals surface area (Å²) in [7, 11) is 0. The van der Waals surface area contributed by atoms with Gasteiger partial charge in [0.15, 0.2) is 0 Å². The van der Waals surface area contributed by atoms with Gasteiger partial charge in [0.25, 0.3) is 0 Å². The monoisotopic (exact) mass is 189 g/mol. The van der Waals surface area contributed by atoms with Crippen LogP contribution in [0.2, 0.25) is 0 Å². The molecule has 1 fully saturated rings. The number of pyridine rings is 1. The summed E-state index contributed by atoms with van der Waals surface area (Å²) in [5.74, 6) is 0. The van der Waals surface area contributed by atoms with Gasteiger partial charge in [0, 0.05) is 32.4 Å². The smallest absolute Gasteiger partial charge is 0.0650 e. The van der Waals surface area contributed by atoms with Crippen molar-refractivity contribution < 1.29 is 0 Å². The van der Waals surface area contributed by atoms with Crippen LogP contribution in [0.25, 0.3) is 0 Å². The molecule has 3 nitrogen and oxygen atoms in total. The highest BCUT2D eigenvalue weighted by Crippen LogP contribution is 2.28. The minimum atomic E-state index is 0.522. The van der Waals surface area contributed by atoms with Crippen molar-refractivity contribution >= 4 is 0 Å². The Balaban J connectivity index is 1.99. The molecule has 1 saturated heterocycles. The molecule has 74 valence electrons. The second kappa shape index (κ2) is 3.33. The molecule has 0 radical (unpaired) electrons. The van der Waals surface area contributed by atoms with Crippen molar-refractivity contribution in [1.29, 1.82) is 0 Å². The largest absolute Gasteiger partial charge is 0.313 e. The van der Waals surface area contributed by atoms with Crippen LogP contribution in [0.4, 0.5) is 0 Å². The molecule has 0 saturated carbocycles. The molecule has 1 unspecified atom stereocenters. The van der Waals surface area contributed by atoms with Gasteiger partial charge in [-0.25, -0.2) is 0 Å². The molecule has 3 rings (SSSR count). The summed E-state index contributed by atoms with van der Waals surface area (Å²) >= 11 is 0. The molecular formula is C11H15N3. The maximum Gasteiger partial charge on any atom is 0.0650 e. The number of piperazine rings is 1. The molecule has 0 bridgehead atoms. The average molecular weight is 189 g/mol. The van der Waals surface area contributed by atoms with Crippen LogP contribution in [0, 0.1) is 0 Å². The summed E-state index contributed by atoms with van der Waals surface area (Å²) in [6, 6.07) is 4.78. The predicted molar refractivity (Wildman–Crippen MR) is 55.1 cm³/mol. The van der Waals surface area contributed by atoms with Crippen LogP contribution >= 0.6 is 0 Å². The Bertz CT molecular complexity index is 337. The lowest BCUT2D eigenvalue weighted by molar-refractivity contribution is 0.148. The molecule has 0 aliphatic carbocycles. The van der Waals surface area contributed by atoms with Gasteiger partial charge in [0.05, 0.1) is 11.7 Å². The van der Waals surface area contributed by atoms with Crippen molar-refractivity contribution in [2.24, 2.45) is 0 Å². The summed E-state index contributed by atoms with van der Waals surface area (Å²) in [6.07, 6.45) is 3.08. The zero-order valence-corrected chi connectivity index (χ0v) is 8.24. The highest BCUT2D eigenvalue weighted by molar-refractivity contribution is 5.26. The van der Waals surface area contributed by atoms with Crippen LogP contribution < -0.4 is 5.32 Å². The summed E-state index contributed by atoms with van der Waals surface area (Å²) < 4.78 is 0. The third-order valence-corrected chi connectivity index (χ3v) is 3.26. The van der Waals surface area contributed by atoms with Crippen molar-refractivity contribution in [2.45, 2.75) is 12.5 Å². The first-order valence-electron chi connectivity index (χ1n) is 5.34. The lowest BCUT2D eigenvalue weighted by Crippen LogP contribution is -2.49. The summed E-state index contributed by atoms with van der Waals surface area (Å²) in [5, 5.41) is 3.44. The molecule has 3 heteroatoms. The van der Waals surface area contributed by atoms with E-state index in [1.165, 1.54) is 30.8 Å². The van der Waals surface area contributed by atoms with Crippen molar-refractivity contribution in [2.75, 3.05) is 26.2 Å². The van der Waals surface area contributed by atoms with E-state index in [-0.39, 0.29) is 0 Å². The van der Waals surface area contributed by atoms with E-state index in [1.54, 1.807) is 0 Å². The Labute approximate surface area is 84.1 Å². The van der Waals surface area contributed by atoms with Crippen molar-refractivity contribution in [3.63, 3.8) is 0 Å². The van der Waals surface area contributed by atoms with Crippen molar-refractivity contribution in [3.05, 3.63) is 29.6 Å². The predicted octanol–water partition coefficient (Wildman–Crippen LogP) is 0.584. The summed E-state index contributed by atoms with van der Waals surface area (Å²) in [6.45, 7) is 4.55. The van der Waals surface area contributed by atoms with Gasteiger partial charge in [-0.05, 0) is 18.1 Å². The molecule has 1 aromatic rings. The van der Waals surface area contributed by atoms with Crippen LogP contribution in [-0.4, -0.2) is 36.1 Å². The first-order chi connectivity index (χ1) is 6.95. The number of hydrogen-bond acceptors (Lipinski definition) is 3. The molecular weight excluding hydrogens is 174 g/mol. The molecule has 1 atom stereocenters. The van der Waals surface area contributed by atoms with Crippen LogP contribution in [-0.2, 0) is 6.42 Å². The van der Waals surface area contributed by atoms with Crippen LogP contribution in [0.1, 0.15) is 17.3 Å². The van der Waals surface area contributed by atoms with Gasteiger partial charge >= 0.3 is 0 Å². The lowest BCUT2D eigenvalue weighted by Gasteiger charge is -2.39. The number of nitrogens with one attached hydrogen (secondary N) is 1. The average Bonchev–Trinajstić information content (AvgIpc) is 2.29. The van der Waals surface area contributed by atoms with E-state index in [4.69, 9.17) is 0 Å². The Kier molecular flexibility index (Phi) is 2.00. The van der Waals surface area contributed by atoms with Gasteiger partial charge in [-0.1, -0.05) is 6.07 Å². The molecule has 0 amide bonds. The van der Waals surface area contributed by atoms with E-state index >= 15 is 0 Å². The van der Waals surface area contributed by atoms with E-state index < -0.39 is 0 Å². The maximum atomic E-state index is 4.52. The Hall–Kier alpha value is -0.930. The fourth-order valence-electron chi connectivity index (χ4n) is 2.51. The van der Waals surface area contributed by atoms with Crippen LogP contribution in [0.5, 0.6) is 0 Å². The lowest BCUT2D eigenvalue weighted by atomic mass is 9.96. The van der Waals surface area contributed by atoms with E-state index in [0.717, 1.165) is 13.1 Å². The molecule has 3 heterocycles. The van der Waals surface area contributed by atoms with E-state index in [9.17, 15) is 0 Å². The molecule has 2 aliphatic heterocycles. The number of aromatic nitrogens is 1. The van der Waals surface area contributed by atoms with Crippen molar-refractivity contribution in [1.82, 2.24) is 15.2 Å². The molecule has 1 aromatic heterocycles. The fourth-order valence-corrected chi connectivity index (χ4v) is 2.51. The van der Waals surface area contributed by atoms with Crippen LogP contribution in [0.15, 0.2) is 18.3 Å². The normalized spacial score (nSPS) is 26.7. The molecule has 0 aromatic carbocycles. The Morgan fingerprint density at radius 3 is 3.43 bits per heavy atom. The second-order valence-electron chi connectivity index (χ2n) is 4.05. The first kappa shape index (κ1) is 8.38. The van der Waals surface area contributed by atoms with E-state index in [2.05, 4.69) is 21.3 Å². The molecule has 14 heavy (non-hydrogen) atoms. The van der Waals surface area contributed by atoms with Crippen molar-refractivity contribution in [3.8, 4) is 0 Å². The Morgan fingerprint density at radius 1 is 1.43 bits per heavy atom. The van der Waals surface area contributed by atoms with Gasteiger partial charge in [-0.2, -0.15) is 0 Å². The zero-order chi connectivity index (χ0) is 9.38. The first-order valence-corrected chi connectivity index (χ1v) is 5.34. The highest BCUT2D eigenvalue weighted by Gasteiger charge is 2.29. The molecule has 2 aliphatic rings. The third kappa shape index (κ3) is 1.24.